The van der Waals surface area contributed by atoms with Crippen LogP contribution in [0.3, 0.4) is 0 Å². The van der Waals surface area contributed by atoms with Crippen LogP contribution in [-0.4, -0.2) is 43.5 Å². The Morgan fingerprint density at radius 3 is 2.21 bits per heavy atom. The van der Waals surface area contributed by atoms with Gasteiger partial charge in [0.25, 0.3) is 0 Å². The number of hydrogen-bond acceptors (Lipinski definition) is 3. The first-order valence-electron chi connectivity index (χ1n) is 8.61. The average Bonchev–Trinajstić information content (AvgIpc) is 2.61. The number of halogens is 5. The van der Waals surface area contributed by atoms with Crippen molar-refractivity contribution in [2.24, 2.45) is 0 Å². The lowest BCUT2D eigenvalue weighted by atomic mass is 10.1. The van der Waals surface area contributed by atoms with E-state index in [9.17, 15) is 26.7 Å². The van der Waals surface area contributed by atoms with E-state index in [2.05, 4.69) is 5.32 Å². The Morgan fingerprint density at radius 2 is 1.61 bits per heavy atom. The van der Waals surface area contributed by atoms with Gasteiger partial charge in [-0.05, 0) is 30.3 Å². The third-order valence-electron chi connectivity index (χ3n) is 4.42. The molecule has 4 nitrogen and oxygen atoms in total. The maximum Gasteiger partial charge on any atom is 0.416 e. The molecule has 1 amide bonds. The van der Waals surface area contributed by atoms with E-state index in [1.54, 1.807) is 6.07 Å². The van der Waals surface area contributed by atoms with Gasteiger partial charge in [-0.1, -0.05) is 6.07 Å². The van der Waals surface area contributed by atoms with Gasteiger partial charge >= 0.3 is 6.18 Å². The number of carbonyl (C=O) groups excluding carboxylic acids is 1. The van der Waals surface area contributed by atoms with Crippen LogP contribution in [0.15, 0.2) is 42.5 Å². The second-order valence-electron chi connectivity index (χ2n) is 6.52. The minimum absolute atomic E-state index is 0.0224. The lowest BCUT2D eigenvalue weighted by Crippen LogP contribution is -2.48. The zero-order chi connectivity index (χ0) is 20.3. The number of anilines is 2. The summed E-state index contributed by atoms with van der Waals surface area (Å²) in [5, 5.41) is 2.44. The monoisotopic (exact) mass is 399 g/mol. The molecule has 0 bridgehead atoms. The first-order chi connectivity index (χ1) is 13.2. The SMILES string of the molecule is O=C(CN1CCN(c2cccc(C(F)(F)F)c2)CC1)Nc1cc(F)cc(F)c1. The zero-order valence-corrected chi connectivity index (χ0v) is 14.8. The van der Waals surface area contributed by atoms with E-state index in [1.165, 1.54) is 6.07 Å². The van der Waals surface area contributed by atoms with Crippen LogP contribution in [0.1, 0.15) is 5.56 Å². The third-order valence-corrected chi connectivity index (χ3v) is 4.42. The van der Waals surface area contributed by atoms with Crippen LogP contribution < -0.4 is 10.2 Å². The van der Waals surface area contributed by atoms with Gasteiger partial charge < -0.3 is 10.2 Å². The highest BCUT2D eigenvalue weighted by molar-refractivity contribution is 5.92. The molecule has 0 atom stereocenters. The molecule has 9 heteroatoms. The van der Waals surface area contributed by atoms with Gasteiger partial charge in [0, 0.05) is 43.6 Å². The average molecular weight is 399 g/mol. The molecule has 3 rings (SSSR count). The second-order valence-corrected chi connectivity index (χ2v) is 6.52. The number of benzene rings is 2. The summed E-state index contributed by atoms with van der Waals surface area (Å²) in [7, 11) is 0. The smallest absolute Gasteiger partial charge is 0.369 e. The van der Waals surface area contributed by atoms with E-state index in [0.717, 1.165) is 24.3 Å². The Bertz CT molecular complexity index is 827. The molecule has 1 aliphatic heterocycles. The predicted octanol–water partition coefficient (Wildman–Crippen LogP) is 3.74. The highest BCUT2D eigenvalue weighted by Gasteiger charge is 2.31. The molecule has 1 heterocycles. The molecule has 0 aliphatic carbocycles. The van der Waals surface area contributed by atoms with Crippen LogP contribution in [0.2, 0.25) is 0 Å². The fourth-order valence-corrected chi connectivity index (χ4v) is 3.07. The quantitative estimate of drug-likeness (QED) is 0.796. The molecular weight excluding hydrogens is 381 g/mol. The normalized spacial score (nSPS) is 15.5. The molecule has 28 heavy (non-hydrogen) atoms. The largest absolute Gasteiger partial charge is 0.416 e. The van der Waals surface area contributed by atoms with Crippen LogP contribution in [0.25, 0.3) is 0 Å². The molecule has 1 fully saturated rings. The lowest BCUT2D eigenvalue weighted by Gasteiger charge is -2.36. The fraction of sp³-hybridized carbons (Fsp3) is 0.316. The number of rotatable bonds is 4. The summed E-state index contributed by atoms with van der Waals surface area (Å²) in [5.74, 6) is -1.99. The highest BCUT2D eigenvalue weighted by Crippen LogP contribution is 2.31. The molecule has 1 N–H and O–H groups in total. The third kappa shape index (κ3) is 5.19. The summed E-state index contributed by atoms with van der Waals surface area (Å²) in [6.45, 7) is 1.89. The molecule has 0 unspecified atom stereocenters. The molecule has 0 aromatic heterocycles. The lowest BCUT2D eigenvalue weighted by molar-refractivity contribution is -0.137. The summed E-state index contributed by atoms with van der Waals surface area (Å²) in [6.07, 6.45) is -4.40. The minimum Gasteiger partial charge on any atom is -0.369 e. The van der Waals surface area contributed by atoms with Gasteiger partial charge in [-0.3, -0.25) is 9.69 Å². The molecular formula is C19H18F5N3O. The Hall–Kier alpha value is -2.68. The van der Waals surface area contributed by atoms with Gasteiger partial charge in [-0.2, -0.15) is 13.2 Å². The van der Waals surface area contributed by atoms with Crippen molar-refractivity contribution in [3.63, 3.8) is 0 Å². The summed E-state index contributed by atoms with van der Waals surface area (Å²) >= 11 is 0. The van der Waals surface area contributed by atoms with Crippen molar-refractivity contribution in [1.82, 2.24) is 4.90 Å². The Balaban J connectivity index is 1.53. The van der Waals surface area contributed by atoms with Crippen molar-refractivity contribution in [1.29, 1.82) is 0 Å². The topological polar surface area (TPSA) is 35.6 Å². The summed E-state index contributed by atoms with van der Waals surface area (Å²) < 4.78 is 64.9. The number of amides is 1. The maximum absolute atomic E-state index is 13.2. The molecule has 0 radical (unpaired) electrons. The van der Waals surface area contributed by atoms with Crippen molar-refractivity contribution >= 4 is 17.3 Å². The van der Waals surface area contributed by atoms with Gasteiger partial charge in [0.2, 0.25) is 5.91 Å². The van der Waals surface area contributed by atoms with Crippen LogP contribution in [-0.2, 0) is 11.0 Å². The van der Waals surface area contributed by atoms with Gasteiger partial charge in [0.15, 0.2) is 0 Å². The maximum atomic E-state index is 13.2. The van der Waals surface area contributed by atoms with E-state index in [-0.39, 0.29) is 12.2 Å². The fourth-order valence-electron chi connectivity index (χ4n) is 3.07. The molecule has 0 saturated carbocycles. The number of nitrogens with one attached hydrogen (secondary N) is 1. The summed E-state index contributed by atoms with van der Waals surface area (Å²) in [6, 6.07) is 7.88. The molecule has 150 valence electrons. The van der Waals surface area contributed by atoms with E-state index < -0.39 is 29.3 Å². The Labute approximate surface area is 158 Å². The number of alkyl halides is 3. The van der Waals surface area contributed by atoms with Crippen molar-refractivity contribution in [3.8, 4) is 0 Å². The molecule has 2 aromatic carbocycles. The van der Waals surface area contributed by atoms with Crippen molar-refractivity contribution in [3.05, 3.63) is 59.7 Å². The van der Waals surface area contributed by atoms with Crippen LogP contribution in [0.4, 0.5) is 33.3 Å². The van der Waals surface area contributed by atoms with Gasteiger partial charge in [-0.25, -0.2) is 8.78 Å². The van der Waals surface area contributed by atoms with E-state index >= 15 is 0 Å². The van der Waals surface area contributed by atoms with Crippen LogP contribution in [0.5, 0.6) is 0 Å². The minimum atomic E-state index is -4.40. The van der Waals surface area contributed by atoms with Gasteiger partial charge in [-0.15, -0.1) is 0 Å². The highest BCUT2D eigenvalue weighted by atomic mass is 19.4. The van der Waals surface area contributed by atoms with E-state index in [1.807, 2.05) is 9.80 Å². The molecule has 2 aromatic rings. The Kier molecular flexibility index (Phi) is 5.83. The van der Waals surface area contributed by atoms with Gasteiger partial charge in [0.1, 0.15) is 11.6 Å². The van der Waals surface area contributed by atoms with Crippen molar-refractivity contribution in [2.75, 3.05) is 42.9 Å². The number of nitrogens with zero attached hydrogens (tertiary/aromatic N) is 2. The predicted molar refractivity (Wildman–Crippen MR) is 95.1 cm³/mol. The molecule has 1 saturated heterocycles. The zero-order valence-electron chi connectivity index (χ0n) is 14.8. The Morgan fingerprint density at radius 1 is 0.964 bits per heavy atom. The van der Waals surface area contributed by atoms with E-state index in [0.29, 0.717) is 37.9 Å². The summed E-state index contributed by atoms with van der Waals surface area (Å²) in [4.78, 5) is 15.7. The standard InChI is InChI=1S/C19H18F5N3O/c20-14-9-15(21)11-16(10-14)25-18(28)12-26-4-6-27(7-5-26)17-3-1-2-13(8-17)19(22,23)24/h1-3,8-11H,4-7,12H2,(H,25,28). The number of piperazine rings is 1. The number of hydrogen-bond donors (Lipinski definition) is 1. The summed E-state index contributed by atoms with van der Waals surface area (Å²) in [5.41, 5.74) is -0.187. The number of carbonyl (C=O) groups is 1. The molecule has 0 spiro atoms. The van der Waals surface area contributed by atoms with Crippen LogP contribution >= 0.6 is 0 Å². The van der Waals surface area contributed by atoms with Crippen molar-refractivity contribution in [2.45, 2.75) is 6.18 Å². The second kappa shape index (κ2) is 8.14. The molecule has 1 aliphatic rings. The first-order valence-corrected chi connectivity index (χ1v) is 8.61. The van der Waals surface area contributed by atoms with Crippen molar-refractivity contribution < 1.29 is 26.7 Å². The van der Waals surface area contributed by atoms with Crippen LogP contribution in [0, 0.1) is 11.6 Å². The first kappa shape index (κ1) is 20.1. The van der Waals surface area contributed by atoms with Gasteiger partial charge in [0.05, 0.1) is 12.1 Å². The van der Waals surface area contributed by atoms with E-state index in [4.69, 9.17) is 0 Å².